The standard InChI is InChI=1S/C22H25N5O3/c1-22(2,3)30-21(29)23-16-11-9-15(10-12-16)20(28)26-14-6-7-17(26)19-25-24-18-8-4-5-13-27(18)19/h4-5,8-13,17H,6-7,14H2,1-3H3,(H,23,29)/t17-/m0/s1. The number of carbonyl (C=O) groups excluding carboxylic acids is 2. The first kappa shape index (κ1) is 19.9. The Balaban J connectivity index is 1.49. The highest BCUT2D eigenvalue weighted by Gasteiger charge is 2.33. The van der Waals surface area contributed by atoms with Gasteiger partial charge in [0.2, 0.25) is 0 Å². The third kappa shape index (κ3) is 4.12. The van der Waals surface area contributed by atoms with E-state index in [0.717, 1.165) is 24.3 Å². The molecular formula is C22H25N5O3. The minimum atomic E-state index is -0.573. The number of nitrogens with zero attached hydrogens (tertiary/aromatic N) is 4. The number of aromatic nitrogens is 3. The lowest BCUT2D eigenvalue weighted by Crippen LogP contribution is -2.31. The van der Waals surface area contributed by atoms with Crippen molar-refractivity contribution in [2.24, 2.45) is 0 Å². The van der Waals surface area contributed by atoms with Crippen molar-refractivity contribution in [2.45, 2.75) is 45.3 Å². The van der Waals surface area contributed by atoms with Crippen LogP contribution >= 0.6 is 0 Å². The third-order valence-electron chi connectivity index (χ3n) is 4.93. The second-order valence-electron chi connectivity index (χ2n) is 8.35. The Bertz CT molecular complexity index is 1070. The van der Waals surface area contributed by atoms with Gasteiger partial charge in [0.15, 0.2) is 11.5 Å². The highest BCUT2D eigenvalue weighted by atomic mass is 16.6. The quantitative estimate of drug-likeness (QED) is 0.707. The molecule has 2 amide bonds. The van der Waals surface area contributed by atoms with Crippen molar-refractivity contribution in [2.75, 3.05) is 11.9 Å². The van der Waals surface area contributed by atoms with Crippen LogP contribution in [-0.4, -0.2) is 43.6 Å². The van der Waals surface area contributed by atoms with Gasteiger partial charge in [0.1, 0.15) is 5.60 Å². The number of ether oxygens (including phenoxy) is 1. The van der Waals surface area contributed by atoms with Crippen LogP contribution in [0.1, 0.15) is 55.8 Å². The maximum absolute atomic E-state index is 13.2. The van der Waals surface area contributed by atoms with E-state index in [9.17, 15) is 9.59 Å². The van der Waals surface area contributed by atoms with E-state index in [1.807, 2.05) is 33.7 Å². The molecule has 0 radical (unpaired) electrons. The van der Waals surface area contributed by atoms with Crippen molar-refractivity contribution in [1.29, 1.82) is 0 Å². The second-order valence-corrected chi connectivity index (χ2v) is 8.35. The van der Waals surface area contributed by atoms with Crippen molar-refractivity contribution in [1.82, 2.24) is 19.5 Å². The fourth-order valence-corrected chi connectivity index (χ4v) is 3.65. The predicted molar refractivity (Wildman–Crippen MR) is 112 cm³/mol. The summed E-state index contributed by atoms with van der Waals surface area (Å²) in [6, 6.07) is 12.5. The Hall–Kier alpha value is -3.42. The number of amides is 2. The number of benzene rings is 1. The molecule has 30 heavy (non-hydrogen) atoms. The molecule has 2 aromatic heterocycles. The number of nitrogens with one attached hydrogen (secondary N) is 1. The summed E-state index contributed by atoms with van der Waals surface area (Å²) in [6.45, 7) is 6.08. The molecule has 1 aromatic carbocycles. The van der Waals surface area contributed by atoms with Gasteiger partial charge in [-0.1, -0.05) is 6.07 Å². The lowest BCUT2D eigenvalue weighted by atomic mass is 10.1. The molecule has 3 heterocycles. The van der Waals surface area contributed by atoms with Crippen LogP contribution in [0.5, 0.6) is 0 Å². The largest absolute Gasteiger partial charge is 0.444 e. The average molecular weight is 407 g/mol. The first-order chi connectivity index (χ1) is 14.3. The van der Waals surface area contributed by atoms with Crippen molar-refractivity contribution in [3.8, 4) is 0 Å². The number of hydrogen-bond acceptors (Lipinski definition) is 5. The summed E-state index contributed by atoms with van der Waals surface area (Å²) in [5.41, 5.74) is 1.33. The van der Waals surface area contributed by atoms with E-state index in [-0.39, 0.29) is 11.9 Å². The van der Waals surface area contributed by atoms with Crippen LogP contribution in [-0.2, 0) is 4.74 Å². The molecule has 1 atom stereocenters. The van der Waals surface area contributed by atoms with Crippen LogP contribution in [0.15, 0.2) is 48.7 Å². The van der Waals surface area contributed by atoms with Gasteiger partial charge in [-0.15, -0.1) is 10.2 Å². The van der Waals surface area contributed by atoms with E-state index in [0.29, 0.717) is 17.8 Å². The number of pyridine rings is 1. The lowest BCUT2D eigenvalue weighted by molar-refractivity contribution is 0.0635. The van der Waals surface area contributed by atoms with Gasteiger partial charge < -0.3 is 9.64 Å². The molecule has 1 N–H and O–H groups in total. The van der Waals surface area contributed by atoms with E-state index in [4.69, 9.17) is 4.74 Å². The minimum absolute atomic E-state index is 0.0611. The molecule has 8 heteroatoms. The third-order valence-corrected chi connectivity index (χ3v) is 4.93. The number of carbonyl (C=O) groups is 2. The molecule has 4 rings (SSSR count). The summed E-state index contributed by atoms with van der Waals surface area (Å²) in [5.74, 6) is 0.716. The molecular weight excluding hydrogens is 382 g/mol. The molecule has 1 aliphatic heterocycles. The summed E-state index contributed by atoms with van der Waals surface area (Å²) in [7, 11) is 0. The van der Waals surface area contributed by atoms with Crippen LogP contribution < -0.4 is 5.32 Å². The van der Waals surface area contributed by atoms with Crippen LogP contribution in [0.25, 0.3) is 5.65 Å². The highest BCUT2D eigenvalue weighted by molar-refractivity contribution is 5.95. The first-order valence-electron chi connectivity index (χ1n) is 10.0. The van der Waals surface area contributed by atoms with Crippen LogP contribution in [0.4, 0.5) is 10.5 Å². The van der Waals surface area contributed by atoms with Gasteiger partial charge in [-0.3, -0.25) is 14.5 Å². The van der Waals surface area contributed by atoms with Gasteiger partial charge in [0.05, 0.1) is 6.04 Å². The topological polar surface area (TPSA) is 88.8 Å². The summed E-state index contributed by atoms with van der Waals surface area (Å²) < 4.78 is 7.19. The number of rotatable bonds is 3. The Morgan fingerprint density at radius 1 is 1.10 bits per heavy atom. The molecule has 3 aromatic rings. The zero-order valence-electron chi connectivity index (χ0n) is 17.3. The van der Waals surface area contributed by atoms with E-state index in [2.05, 4.69) is 15.5 Å². The van der Waals surface area contributed by atoms with Crippen molar-refractivity contribution in [3.63, 3.8) is 0 Å². The predicted octanol–water partition coefficient (Wildman–Crippen LogP) is 4.05. The number of likely N-dealkylation sites (tertiary alicyclic amines) is 1. The fourth-order valence-electron chi connectivity index (χ4n) is 3.65. The zero-order chi connectivity index (χ0) is 21.3. The smallest absolute Gasteiger partial charge is 0.412 e. The van der Waals surface area contributed by atoms with Gasteiger partial charge in [-0.2, -0.15) is 0 Å². The molecule has 1 fully saturated rings. The fraction of sp³-hybridized carbons (Fsp3) is 0.364. The Morgan fingerprint density at radius 2 is 1.87 bits per heavy atom. The molecule has 0 spiro atoms. The van der Waals surface area contributed by atoms with Crippen LogP contribution in [0.3, 0.4) is 0 Å². The van der Waals surface area contributed by atoms with Gasteiger partial charge in [0, 0.05) is 24.0 Å². The van der Waals surface area contributed by atoms with E-state index >= 15 is 0 Å². The van der Waals surface area contributed by atoms with Crippen molar-refractivity contribution < 1.29 is 14.3 Å². The molecule has 156 valence electrons. The average Bonchev–Trinajstić information content (AvgIpc) is 3.33. The van der Waals surface area contributed by atoms with E-state index < -0.39 is 11.7 Å². The van der Waals surface area contributed by atoms with E-state index in [1.165, 1.54) is 0 Å². The maximum Gasteiger partial charge on any atom is 0.412 e. The molecule has 1 saturated heterocycles. The number of hydrogen-bond donors (Lipinski definition) is 1. The number of fused-ring (bicyclic) bond motifs is 1. The molecule has 1 aliphatic rings. The molecule has 0 bridgehead atoms. The Morgan fingerprint density at radius 3 is 2.60 bits per heavy atom. The lowest BCUT2D eigenvalue weighted by Gasteiger charge is -2.23. The Labute approximate surface area is 174 Å². The van der Waals surface area contributed by atoms with E-state index in [1.54, 1.807) is 45.0 Å². The summed E-state index contributed by atoms with van der Waals surface area (Å²) >= 11 is 0. The molecule has 0 unspecified atom stereocenters. The summed E-state index contributed by atoms with van der Waals surface area (Å²) in [5, 5.41) is 11.2. The van der Waals surface area contributed by atoms with Gasteiger partial charge >= 0.3 is 6.09 Å². The second kappa shape index (κ2) is 7.78. The number of anilines is 1. The molecule has 0 saturated carbocycles. The van der Waals surface area contributed by atoms with Gasteiger partial charge in [-0.25, -0.2) is 4.79 Å². The van der Waals surface area contributed by atoms with Gasteiger partial charge in [-0.05, 0) is 70.0 Å². The highest BCUT2D eigenvalue weighted by Crippen LogP contribution is 2.32. The summed E-state index contributed by atoms with van der Waals surface area (Å²) in [6.07, 6.45) is 3.15. The summed E-state index contributed by atoms with van der Waals surface area (Å²) in [4.78, 5) is 26.9. The van der Waals surface area contributed by atoms with Gasteiger partial charge in [0.25, 0.3) is 5.91 Å². The maximum atomic E-state index is 13.2. The molecule has 0 aliphatic carbocycles. The zero-order valence-corrected chi connectivity index (χ0v) is 17.3. The monoisotopic (exact) mass is 407 g/mol. The minimum Gasteiger partial charge on any atom is -0.444 e. The Kier molecular flexibility index (Phi) is 5.15. The molecule has 8 nitrogen and oxygen atoms in total. The normalized spacial score (nSPS) is 16.6. The van der Waals surface area contributed by atoms with Crippen LogP contribution in [0, 0.1) is 0 Å². The van der Waals surface area contributed by atoms with Crippen molar-refractivity contribution >= 4 is 23.3 Å². The first-order valence-corrected chi connectivity index (χ1v) is 10.0. The SMILES string of the molecule is CC(C)(C)OC(=O)Nc1ccc(C(=O)N2CCC[C@H]2c2nnc3ccccn23)cc1. The van der Waals surface area contributed by atoms with Crippen molar-refractivity contribution in [3.05, 3.63) is 60.0 Å². The van der Waals surface area contributed by atoms with Crippen LogP contribution in [0.2, 0.25) is 0 Å².